The molecule has 0 bridgehead atoms. The third-order valence-electron chi connectivity index (χ3n) is 2.70. The summed E-state index contributed by atoms with van der Waals surface area (Å²) in [6.45, 7) is 1.10. The van der Waals surface area contributed by atoms with E-state index >= 15 is 0 Å². The number of carbonyl (C=O) groups is 1. The van der Waals surface area contributed by atoms with Crippen molar-refractivity contribution >= 4 is 6.29 Å². The number of rotatable bonds is 5. The zero-order valence-electron chi connectivity index (χ0n) is 10.3. The Morgan fingerprint density at radius 3 is 2.94 bits per heavy atom. The van der Waals surface area contributed by atoms with E-state index in [9.17, 15) is 4.79 Å². The molecule has 18 heavy (non-hydrogen) atoms. The lowest BCUT2D eigenvalue weighted by Gasteiger charge is -2.16. The van der Waals surface area contributed by atoms with Gasteiger partial charge in [-0.25, -0.2) is 0 Å². The average Bonchev–Trinajstić information content (AvgIpc) is 2.45. The predicted molar refractivity (Wildman–Crippen MR) is 67.1 cm³/mol. The van der Waals surface area contributed by atoms with Crippen molar-refractivity contribution in [3.8, 4) is 11.5 Å². The molecule has 1 aliphatic heterocycles. The summed E-state index contributed by atoms with van der Waals surface area (Å²) >= 11 is 0. The van der Waals surface area contributed by atoms with Crippen LogP contribution >= 0.6 is 0 Å². The maximum atomic E-state index is 10.7. The van der Waals surface area contributed by atoms with E-state index in [2.05, 4.69) is 0 Å². The highest BCUT2D eigenvalue weighted by molar-refractivity contribution is 5.76. The van der Waals surface area contributed by atoms with Crippen molar-refractivity contribution in [1.29, 1.82) is 0 Å². The van der Waals surface area contributed by atoms with Gasteiger partial charge < -0.3 is 14.2 Å². The van der Waals surface area contributed by atoms with Crippen LogP contribution in [-0.4, -0.2) is 26.6 Å². The molecule has 96 valence electrons. The molecule has 0 saturated heterocycles. The first-order valence-corrected chi connectivity index (χ1v) is 5.91. The smallest absolute Gasteiger partial charge is 0.162 e. The zero-order valence-corrected chi connectivity index (χ0v) is 10.3. The fraction of sp³-hybridized carbons (Fsp3) is 0.357. The standard InChI is InChI=1S/C14H16O4/c1-16-13-6-5-11(9-15)8-14(13)18-10-12-4-2-3-7-17-12/h4-6,8-9H,2-3,7,10H2,1H3. The van der Waals surface area contributed by atoms with Crippen LogP contribution in [0.4, 0.5) is 0 Å². The quantitative estimate of drug-likeness (QED) is 0.751. The van der Waals surface area contributed by atoms with Crippen molar-refractivity contribution in [2.75, 3.05) is 20.3 Å². The van der Waals surface area contributed by atoms with Crippen molar-refractivity contribution in [2.45, 2.75) is 12.8 Å². The highest BCUT2D eigenvalue weighted by Crippen LogP contribution is 2.28. The number of ether oxygens (including phenoxy) is 3. The molecule has 1 aliphatic rings. The van der Waals surface area contributed by atoms with E-state index < -0.39 is 0 Å². The summed E-state index contributed by atoms with van der Waals surface area (Å²) in [6, 6.07) is 5.07. The van der Waals surface area contributed by atoms with E-state index in [1.807, 2.05) is 6.08 Å². The van der Waals surface area contributed by atoms with Crippen LogP contribution in [0, 0.1) is 0 Å². The summed E-state index contributed by atoms with van der Waals surface area (Å²) in [5.41, 5.74) is 0.560. The van der Waals surface area contributed by atoms with Crippen LogP contribution in [-0.2, 0) is 4.74 Å². The minimum Gasteiger partial charge on any atom is -0.495 e. The van der Waals surface area contributed by atoms with Gasteiger partial charge in [-0.2, -0.15) is 0 Å². The number of allylic oxidation sites excluding steroid dienone is 1. The Kier molecular flexibility index (Phi) is 4.23. The molecule has 0 amide bonds. The Morgan fingerprint density at radius 2 is 2.28 bits per heavy atom. The van der Waals surface area contributed by atoms with Gasteiger partial charge in [-0.3, -0.25) is 4.79 Å². The van der Waals surface area contributed by atoms with Crippen LogP contribution < -0.4 is 9.47 Å². The van der Waals surface area contributed by atoms with Crippen LogP contribution in [0.5, 0.6) is 11.5 Å². The second kappa shape index (κ2) is 6.10. The van der Waals surface area contributed by atoms with Crippen LogP contribution in [0.25, 0.3) is 0 Å². The van der Waals surface area contributed by atoms with Crippen molar-refractivity contribution in [3.05, 3.63) is 35.6 Å². The normalized spacial score (nSPS) is 14.4. The number of methoxy groups -OCH3 is 1. The topological polar surface area (TPSA) is 44.8 Å². The Balaban J connectivity index is 2.06. The van der Waals surface area contributed by atoms with E-state index in [4.69, 9.17) is 14.2 Å². The largest absolute Gasteiger partial charge is 0.495 e. The minimum absolute atomic E-state index is 0.360. The van der Waals surface area contributed by atoms with E-state index in [1.54, 1.807) is 25.3 Å². The summed E-state index contributed by atoms with van der Waals surface area (Å²) in [5, 5.41) is 0. The molecule has 0 saturated carbocycles. The summed E-state index contributed by atoms with van der Waals surface area (Å²) in [7, 11) is 1.57. The lowest BCUT2D eigenvalue weighted by molar-refractivity contribution is 0.112. The molecule has 1 heterocycles. The molecule has 1 aromatic rings. The lowest BCUT2D eigenvalue weighted by atomic mass is 10.2. The predicted octanol–water partition coefficient (Wildman–Crippen LogP) is 2.58. The molecule has 0 fully saturated rings. The van der Waals surface area contributed by atoms with Gasteiger partial charge in [-0.05, 0) is 37.1 Å². The molecule has 0 radical (unpaired) electrons. The molecular formula is C14H16O4. The molecule has 0 N–H and O–H groups in total. The highest BCUT2D eigenvalue weighted by atomic mass is 16.5. The molecule has 0 aromatic heterocycles. The number of hydrogen-bond donors (Lipinski definition) is 0. The van der Waals surface area contributed by atoms with Gasteiger partial charge in [0, 0.05) is 5.56 Å². The molecule has 0 aliphatic carbocycles. The first-order chi connectivity index (χ1) is 8.83. The summed E-state index contributed by atoms with van der Waals surface area (Å²) in [6.07, 6.45) is 4.87. The number of carbonyl (C=O) groups excluding carboxylic acids is 1. The summed E-state index contributed by atoms with van der Waals surface area (Å²) < 4.78 is 16.3. The molecule has 2 rings (SSSR count). The maximum Gasteiger partial charge on any atom is 0.162 e. The fourth-order valence-corrected chi connectivity index (χ4v) is 1.74. The second-order valence-electron chi connectivity index (χ2n) is 3.98. The second-order valence-corrected chi connectivity index (χ2v) is 3.98. The minimum atomic E-state index is 0.360. The van der Waals surface area contributed by atoms with Gasteiger partial charge >= 0.3 is 0 Å². The Morgan fingerprint density at radius 1 is 1.39 bits per heavy atom. The molecular weight excluding hydrogens is 232 g/mol. The Hall–Kier alpha value is -1.97. The first kappa shape index (κ1) is 12.5. The van der Waals surface area contributed by atoms with Crippen molar-refractivity contribution in [3.63, 3.8) is 0 Å². The van der Waals surface area contributed by atoms with Gasteiger partial charge in [0.2, 0.25) is 0 Å². The van der Waals surface area contributed by atoms with Gasteiger partial charge in [-0.1, -0.05) is 0 Å². The van der Waals surface area contributed by atoms with Crippen molar-refractivity contribution < 1.29 is 19.0 Å². The van der Waals surface area contributed by atoms with E-state index in [0.717, 1.165) is 31.5 Å². The van der Waals surface area contributed by atoms with Gasteiger partial charge in [0.15, 0.2) is 11.5 Å². The maximum absolute atomic E-state index is 10.7. The van der Waals surface area contributed by atoms with Crippen LogP contribution in [0.3, 0.4) is 0 Å². The first-order valence-electron chi connectivity index (χ1n) is 5.91. The summed E-state index contributed by atoms with van der Waals surface area (Å²) in [5.74, 6) is 1.99. The highest BCUT2D eigenvalue weighted by Gasteiger charge is 2.09. The number of aldehydes is 1. The SMILES string of the molecule is COc1ccc(C=O)cc1OCC1=CCCCO1. The number of hydrogen-bond acceptors (Lipinski definition) is 4. The van der Waals surface area contributed by atoms with E-state index in [1.165, 1.54) is 0 Å². The number of benzene rings is 1. The van der Waals surface area contributed by atoms with E-state index in [-0.39, 0.29) is 0 Å². The van der Waals surface area contributed by atoms with Gasteiger partial charge in [0.25, 0.3) is 0 Å². The molecule has 0 unspecified atom stereocenters. The Labute approximate surface area is 106 Å². The monoisotopic (exact) mass is 248 g/mol. The van der Waals surface area contributed by atoms with Gasteiger partial charge in [-0.15, -0.1) is 0 Å². The molecule has 1 aromatic carbocycles. The van der Waals surface area contributed by atoms with E-state index in [0.29, 0.717) is 23.7 Å². The fourth-order valence-electron chi connectivity index (χ4n) is 1.74. The molecule has 4 heteroatoms. The third-order valence-corrected chi connectivity index (χ3v) is 2.70. The van der Waals surface area contributed by atoms with Crippen LogP contribution in [0.15, 0.2) is 30.0 Å². The van der Waals surface area contributed by atoms with Gasteiger partial charge in [0.1, 0.15) is 18.7 Å². The van der Waals surface area contributed by atoms with Crippen molar-refractivity contribution in [1.82, 2.24) is 0 Å². The Bertz CT molecular complexity index is 451. The van der Waals surface area contributed by atoms with Crippen molar-refractivity contribution in [2.24, 2.45) is 0 Å². The summed E-state index contributed by atoms with van der Waals surface area (Å²) in [4.78, 5) is 10.7. The van der Waals surface area contributed by atoms with Crippen LogP contribution in [0.2, 0.25) is 0 Å². The molecule has 0 atom stereocenters. The zero-order chi connectivity index (χ0) is 12.8. The van der Waals surface area contributed by atoms with Crippen LogP contribution in [0.1, 0.15) is 23.2 Å². The average molecular weight is 248 g/mol. The third kappa shape index (κ3) is 3.03. The lowest BCUT2D eigenvalue weighted by Crippen LogP contribution is -2.09. The van der Waals surface area contributed by atoms with Gasteiger partial charge in [0.05, 0.1) is 13.7 Å². The molecule has 4 nitrogen and oxygen atoms in total. The molecule has 0 spiro atoms.